The first-order chi connectivity index (χ1) is 12.2. The number of H-pyrrole nitrogens is 1. The quantitative estimate of drug-likeness (QED) is 0.769. The van der Waals surface area contributed by atoms with Crippen molar-refractivity contribution < 1.29 is 4.74 Å². The van der Waals surface area contributed by atoms with Crippen LogP contribution in [-0.4, -0.2) is 24.2 Å². The van der Waals surface area contributed by atoms with E-state index in [1.54, 1.807) is 6.07 Å². The summed E-state index contributed by atoms with van der Waals surface area (Å²) >= 11 is 0. The van der Waals surface area contributed by atoms with Crippen LogP contribution in [0.5, 0.6) is 5.75 Å². The van der Waals surface area contributed by atoms with Crippen LogP contribution in [0.15, 0.2) is 53.3 Å². The molecule has 4 nitrogen and oxygen atoms in total. The molecule has 0 bridgehead atoms. The molecule has 1 fully saturated rings. The number of nitrogens with one attached hydrogen (secondary N) is 2. The Labute approximate surface area is 146 Å². The average Bonchev–Trinajstić information content (AvgIpc) is 2.64. The molecule has 1 aliphatic heterocycles. The number of ether oxygens (including phenoxy) is 1. The molecule has 25 heavy (non-hydrogen) atoms. The predicted octanol–water partition coefficient (Wildman–Crippen LogP) is 3.63. The number of pyridine rings is 1. The summed E-state index contributed by atoms with van der Waals surface area (Å²) in [6, 6.07) is 15.8. The van der Waals surface area contributed by atoms with Crippen molar-refractivity contribution in [2.45, 2.75) is 25.9 Å². The summed E-state index contributed by atoms with van der Waals surface area (Å²) in [6.07, 6.45) is 2.41. The second kappa shape index (κ2) is 6.73. The fraction of sp³-hybridized carbons (Fsp3) is 0.286. The Morgan fingerprint density at radius 1 is 0.960 bits per heavy atom. The van der Waals surface area contributed by atoms with Gasteiger partial charge in [0.2, 0.25) is 5.56 Å². The van der Waals surface area contributed by atoms with Crippen molar-refractivity contribution in [3.05, 3.63) is 64.4 Å². The van der Waals surface area contributed by atoms with Crippen LogP contribution in [0.1, 0.15) is 18.4 Å². The minimum atomic E-state index is -0.0709. The first kappa shape index (κ1) is 15.9. The van der Waals surface area contributed by atoms with Gasteiger partial charge in [0.25, 0.3) is 0 Å². The standard InChI is InChI=1S/C21H22N2O2/c1-14-19(8-4-16-5-9-20(24)23-21(14)16)15-2-6-17(7-3-15)25-18-10-12-22-13-11-18/h2-9,18,22H,10-13H2,1H3,(H,23,24). The third-order valence-electron chi connectivity index (χ3n) is 4.91. The molecule has 0 amide bonds. The number of hydrogen-bond acceptors (Lipinski definition) is 3. The highest BCUT2D eigenvalue weighted by molar-refractivity contribution is 5.88. The second-order valence-corrected chi connectivity index (χ2v) is 6.62. The maximum absolute atomic E-state index is 11.6. The zero-order valence-electron chi connectivity index (χ0n) is 14.3. The number of aryl methyl sites for hydroxylation is 1. The van der Waals surface area contributed by atoms with Gasteiger partial charge in [0.1, 0.15) is 11.9 Å². The smallest absolute Gasteiger partial charge is 0.248 e. The van der Waals surface area contributed by atoms with Gasteiger partial charge in [0.05, 0.1) is 5.52 Å². The molecule has 128 valence electrons. The lowest BCUT2D eigenvalue weighted by Gasteiger charge is -2.23. The Bertz CT molecular complexity index is 938. The largest absolute Gasteiger partial charge is 0.490 e. The first-order valence-electron chi connectivity index (χ1n) is 8.81. The van der Waals surface area contributed by atoms with E-state index in [2.05, 4.69) is 28.5 Å². The zero-order valence-corrected chi connectivity index (χ0v) is 14.3. The van der Waals surface area contributed by atoms with Gasteiger partial charge in [-0.15, -0.1) is 0 Å². The van der Waals surface area contributed by atoms with E-state index >= 15 is 0 Å². The molecular weight excluding hydrogens is 312 g/mol. The van der Waals surface area contributed by atoms with Gasteiger partial charge in [-0.25, -0.2) is 0 Å². The van der Waals surface area contributed by atoms with Crippen LogP contribution >= 0.6 is 0 Å². The van der Waals surface area contributed by atoms with Crippen molar-refractivity contribution in [2.24, 2.45) is 0 Å². The van der Waals surface area contributed by atoms with E-state index in [4.69, 9.17) is 4.74 Å². The van der Waals surface area contributed by atoms with Gasteiger partial charge in [-0.05, 0) is 73.1 Å². The van der Waals surface area contributed by atoms with E-state index in [1.165, 1.54) is 0 Å². The van der Waals surface area contributed by atoms with Gasteiger partial charge in [-0.3, -0.25) is 4.79 Å². The normalized spacial score (nSPS) is 15.4. The Morgan fingerprint density at radius 3 is 2.44 bits per heavy atom. The molecule has 2 aromatic carbocycles. The molecule has 4 rings (SSSR count). The molecule has 0 unspecified atom stereocenters. The number of aromatic nitrogens is 1. The third kappa shape index (κ3) is 3.30. The molecule has 0 radical (unpaired) electrons. The van der Waals surface area contributed by atoms with Crippen molar-refractivity contribution >= 4 is 10.9 Å². The number of fused-ring (bicyclic) bond motifs is 1. The van der Waals surface area contributed by atoms with Crippen LogP contribution in [0.3, 0.4) is 0 Å². The lowest BCUT2D eigenvalue weighted by molar-refractivity contribution is 0.162. The first-order valence-corrected chi connectivity index (χ1v) is 8.81. The van der Waals surface area contributed by atoms with E-state index in [-0.39, 0.29) is 5.56 Å². The van der Waals surface area contributed by atoms with E-state index in [0.717, 1.165) is 59.3 Å². The lowest BCUT2D eigenvalue weighted by Crippen LogP contribution is -2.34. The van der Waals surface area contributed by atoms with Crippen LogP contribution in [0.25, 0.3) is 22.0 Å². The SMILES string of the molecule is Cc1c(-c2ccc(OC3CCNCC3)cc2)ccc2ccc(=O)[nH]c12. The van der Waals surface area contributed by atoms with E-state index in [1.807, 2.05) is 31.2 Å². The number of hydrogen-bond donors (Lipinski definition) is 2. The van der Waals surface area contributed by atoms with Gasteiger partial charge >= 0.3 is 0 Å². The molecule has 0 atom stereocenters. The van der Waals surface area contributed by atoms with Crippen molar-refractivity contribution in [2.75, 3.05) is 13.1 Å². The second-order valence-electron chi connectivity index (χ2n) is 6.62. The third-order valence-corrected chi connectivity index (χ3v) is 4.91. The van der Waals surface area contributed by atoms with E-state index in [9.17, 15) is 4.79 Å². The topological polar surface area (TPSA) is 54.1 Å². The van der Waals surface area contributed by atoms with E-state index < -0.39 is 0 Å². The highest BCUT2D eigenvalue weighted by Crippen LogP contribution is 2.29. The molecule has 1 aromatic heterocycles. The lowest BCUT2D eigenvalue weighted by atomic mass is 9.98. The molecule has 2 heterocycles. The summed E-state index contributed by atoms with van der Waals surface area (Å²) in [5, 5.41) is 4.40. The fourth-order valence-corrected chi connectivity index (χ4v) is 3.50. The molecule has 0 saturated carbocycles. The molecule has 1 aliphatic rings. The molecule has 2 N–H and O–H groups in total. The Morgan fingerprint density at radius 2 is 1.68 bits per heavy atom. The van der Waals surface area contributed by atoms with Crippen LogP contribution in [-0.2, 0) is 0 Å². The Balaban J connectivity index is 1.62. The monoisotopic (exact) mass is 334 g/mol. The average molecular weight is 334 g/mol. The van der Waals surface area contributed by atoms with Gasteiger partial charge in [0, 0.05) is 6.07 Å². The van der Waals surface area contributed by atoms with Crippen LogP contribution in [0, 0.1) is 6.92 Å². The molecule has 0 aliphatic carbocycles. The number of benzene rings is 2. The zero-order chi connectivity index (χ0) is 17.2. The van der Waals surface area contributed by atoms with Crippen LogP contribution in [0.2, 0.25) is 0 Å². The van der Waals surface area contributed by atoms with Crippen molar-refractivity contribution in [3.8, 4) is 16.9 Å². The molecule has 0 spiro atoms. The number of rotatable bonds is 3. The fourth-order valence-electron chi connectivity index (χ4n) is 3.50. The maximum atomic E-state index is 11.6. The number of aromatic amines is 1. The molecule has 3 aromatic rings. The van der Waals surface area contributed by atoms with Gasteiger partial charge in [-0.1, -0.05) is 24.3 Å². The van der Waals surface area contributed by atoms with Gasteiger partial charge in [0.15, 0.2) is 0 Å². The van der Waals surface area contributed by atoms with Crippen LogP contribution < -0.4 is 15.6 Å². The minimum Gasteiger partial charge on any atom is -0.490 e. The molecule has 4 heteroatoms. The van der Waals surface area contributed by atoms with E-state index in [0.29, 0.717) is 6.10 Å². The van der Waals surface area contributed by atoms with Gasteiger partial charge in [-0.2, -0.15) is 0 Å². The van der Waals surface area contributed by atoms with Gasteiger partial charge < -0.3 is 15.0 Å². The molecular formula is C21H22N2O2. The van der Waals surface area contributed by atoms with Crippen molar-refractivity contribution in [1.29, 1.82) is 0 Å². The van der Waals surface area contributed by atoms with Crippen molar-refractivity contribution in [3.63, 3.8) is 0 Å². The summed E-state index contributed by atoms with van der Waals surface area (Å²) in [6.45, 7) is 4.10. The minimum absolute atomic E-state index is 0.0709. The predicted molar refractivity (Wildman–Crippen MR) is 101 cm³/mol. The summed E-state index contributed by atoms with van der Waals surface area (Å²) < 4.78 is 6.07. The highest BCUT2D eigenvalue weighted by atomic mass is 16.5. The summed E-state index contributed by atoms with van der Waals surface area (Å²) in [5.74, 6) is 0.919. The highest BCUT2D eigenvalue weighted by Gasteiger charge is 2.14. The maximum Gasteiger partial charge on any atom is 0.248 e. The summed E-state index contributed by atoms with van der Waals surface area (Å²) in [7, 11) is 0. The Hall–Kier alpha value is -2.59. The molecule has 1 saturated heterocycles. The Kier molecular flexibility index (Phi) is 4.28. The van der Waals surface area contributed by atoms with Crippen molar-refractivity contribution in [1.82, 2.24) is 10.3 Å². The summed E-state index contributed by atoms with van der Waals surface area (Å²) in [5.41, 5.74) is 4.17. The summed E-state index contributed by atoms with van der Waals surface area (Å²) in [4.78, 5) is 14.6. The van der Waals surface area contributed by atoms with Crippen LogP contribution in [0.4, 0.5) is 0 Å². The number of piperidine rings is 1.